The van der Waals surface area contributed by atoms with Gasteiger partial charge in [-0.05, 0) is 37.3 Å². The molecule has 0 fully saturated rings. The summed E-state index contributed by atoms with van der Waals surface area (Å²) in [5.74, 6) is -0.561. The van der Waals surface area contributed by atoms with Gasteiger partial charge in [0.25, 0.3) is 0 Å². The number of benzene rings is 2. The first kappa shape index (κ1) is 15.1. The number of rotatable bonds is 4. The van der Waals surface area contributed by atoms with Gasteiger partial charge in [-0.15, -0.1) is 11.8 Å². The van der Waals surface area contributed by atoms with Crippen molar-refractivity contribution in [2.45, 2.75) is 17.1 Å². The third-order valence-corrected chi connectivity index (χ3v) is 3.88. The molecule has 0 aromatic heterocycles. The van der Waals surface area contributed by atoms with Crippen LogP contribution in [0.5, 0.6) is 0 Å². The molecule has 2 aromatic carbocycles. The van der Waals surface area contributed by atoms with Crippen LogP contribution in [0.15, 0.2) is 53.4 Å². The van der Waals surface area contributed by atoms with E-state index >= 15 is 0 Å². The Morgan fingerprint density at radius 1 is 1.29 bits per heavy atom. The summed E-state index contributed by atoms with van der Waals surface area (Å²) in [6.45, 7) is 1.74. The zero-order chi connectivity index (χ0) is 15.2. The molecule has 106 valence electrons. The lowest BCUT2D eigenvalue weighted by Crippen LogP contribution is -2.22. The Kier molecular flexibility index (Phi) is 4.96. The summed E-state index contributed by atoms with van der Waals surface area (Å²) in [7, 11) is 0. The van der Waals surface area contributed by atoms with Gasteiger partial charge in [-0.25, -0.2) is 4.39 Å². The largest absolute Gasteiger partial charge is 0.324 e. The Hall–Kier alpha value is -2.32. The van der Waals surface area contributed by atoms with Crippen molar-refractivity contribution in [3.63, 3.8) is 0 Å². The smallest absolute Gasteiger partial charge is 0.237 e. The number of nitrogens with zero attached hydrogens (tertiary/aromatic N) is 1. The Morgan fingerprint density at radius 3 is 2.76 bits per heavy atom. The monoisotopic (exact) mass is 300 g/mol. The van der Waals surface area contributed by atoms with Crippen LogP contribution < -0.4 is 5.32 Å². The number of nitrogens with one attached hydrogen (secondary N) is 1. The highest BCUT2D eigenvalue weighted by Crippen LogP contribution is 2.25. The van der Waals surface area contributed by atoms with Crippen LogP contribution in [0.4, 0.5) is 10.1 Å². The summed E-state index contributed by atoms with van der Waals surface area (Å²) in [5, 5.41) is 11.3. The van der Waals surface area contributed by atoms with Crippen molar-refractivity contribution in [3.05, 3.63) is 59.9 Å². The van der Waals surface area contributed by atoms with Gasteiger partial charge >= 0.3 is 0 Å². The number of thioether (sulfide) groups is 1. The van der Waals surface area contributed by atoms with Crippen molar-refractivity contribution in [2.24, 2.45) is 0 Å². The number of para-hydroxylation sites is 1. The van der Waals surface area contributed by atoms with Gasteiger partial charge in [0, 0.05) is 4.90 Å². The topological polar surface area (TPSA) is 52.9 Å². The molecule has 2 aromatic rings. The molecule has 0 heterocycles. The van der Waals surface area contributed by atoms with Crippen molar-refractivity contribution in [2.75, 3.05) is 5.32 Å². The number of nitriles is 1. The van der Waals surface area contributed by atoms with Gasteiger partial charge in [0.15, 0.2) is 0 Å². The first-order chi connectivity index (χ1) is 10.1. The molecule has 1 amide bonds. The SMILES string of the molecule is CC(Sc1cccc(F)c1)C(=O)Nc1ccccc1C#N. The Morgan fingerprint density at radius 2 is 2.05 bits per heavy atom. The first-order valence-corrected chi connectivity index (χ1v) is 7.20. The fraction of sp³-hybridized carbons (Fsp3) is 0.125. The maximum absolute atomic E-state index is 13.1. The van der Waals surface area contributed by atoms with Gasteiger partial charge in [0.05, 0.1) is 16.5 Å². The molecule has 0 saturated heterocycles. The molecule has 1 unspecified atom stereocenters. The second-order valence-corrected chi connectivity index (χ2v) is 5.78. The fourth-order valence-corrected chi connectivity index (χ4v) is 2.63. The van der Waals surface area contributed by atoms with Crippen LogP contribution in [0.3, 0.4) is 0 Å². The molecule has 0 saturated carbocycles. The molecule has 1 atom stereocenters. The van der Waals surface area contributed by atoms with E-state index in [4.69, 9.17) is 5.26 Å². The third kappa shape index (κ3) is 4.07. The van der Waals surface area contributed by atoms with E-state index < -0.39 is 5.25 Å². The summed E-state index contributed by atoms with van der Waals surface area (Å²) >= 11 is 1.26. The third-order valence-electron chi connectivity index (χ3n) is 2.78. The number of hydrogen-bond donors (Lipinski definition) is 1. The molecule has 3 nitrogen and oxygen atoms in total. The maximum atomic E-state index is 13.1. The van der Waals surface area contributed by atoms with Gasteiger partial charge in [0.2, 0.25) is 5.91 Å². The Labute approximate surface area is 126 Å². The molecule has 0 spiro atoms. The minimum absolute atomic E-state index is 0.230. The molecule has 0 radical (unpaired) electrons. The molecule has 0 aliphatic carbocycles. The number of amides is 1. The van der Waals surface area contributed by atoms with E-state index in [-0.39, 0.29) is 11.7 Å². The maximum Gasteiger partial charge on any atom is 0.237 e. The van der Waals surface area contributed by atoms with Crippen molar-refractivity contribution in [1.82, 2.24) is 0 Å². The van der Waals surface area contributed by atoms with Gasteiger partial charge in [-0.2, -0.15) is 5.26 Å². The highest BCUT2D eigenvalue weighted by atomic mass is 32.2. The fourth-order valence-electron chi connectivity index (χ4n) is 1.72. The minimum Gasteiger partial charge on any atom is -0.324 e. The van der Waals surface area contributed by atoms with Crippen LogP contribution in [-0.2, 0) is 4.79 Å². The van der Waals surface area contributed by atoms with Gasteiger partial charge in [-0.1, -0.05) is 18.2 Å². The number of carbonyl (C=O) groups excluding carboxylic acids is 1. The van der Waals surface area contributed by atoms with Crippen LogP contribution in [0.1, 0.15) is 12.5 Å². The lowest BCUT2D eigenvalue weighted by molar-refractivity contribution is -0.115. The van der Waals surface area contributed by atoms with E-state index in [0.717, 1.165) is 0 Å². The normalized spacial score (nSPS) is 11.5. The van der Waals surface area contributed by atoms with E-state index in [0.29, 0.717) is 16.1 Å². The number of carbonyl (C=O) groups is 1. The predicted octanol–water partition coefficient (Wildman–Crippen LogP) is 3.82. The van der Waals surface area contributed by atoms with E-state index in [2.05, 4.69) is 5.32 Å². The molecule has 0 bridgehead atoms. The molecule has 0 aliphatic rings. The van der Waals surface area contributed by atoms with Crippen LogP contribution >= 0.6 is 11.8 Å². The van der Waals surface area contributed by atoms with Gasteiger partial charge in [-0.3, -0.25) is 4.79 Å². The predicted molar refractivity (Wildman–Crippen MR) is 81.5 cm³/mol. The van der Waals surface area contributed by atoms with Crippen molar-refractivity contribution >= 4 is 23.4 Å². The van der Waals surface area contributed by atoms with Gasteiger partial charge in [0.1, 0.15) is 11.9 Å². The standard InChI is InChI=1S/C16H13FN2OS/c1-11(21-14-7-4-6-13(17)9-14)16(20)19-15-8-3-2-5-12(15)10-18/h2-9,11H,1H3,(H,19,20). The number of halogens is 1. The molecular weight excluding hydrogens is 287 g/mol. The molecular formula is C16H13FN2OS. The number of hydrogen-bond acceptors (Lipinski definition) is 3. The van der Waals surface area contributed by atoms with Gasteiger partial charge < -0.3 is 5.32 Å². The second kappa shape index (κ2) is 6.91. The summed E-state index contributed by atoms with van der Waals surface area (Å²) in [6, 6.07) is 14.9. The molecule has 0 aliphatic heterocycles. The van der Waals surface area contributed by atoms with Crippen LogP contribution in [-0.4, -0.2) is 11.2 Å². The van der Waals surface area contributed by atoms with E-state index in [1.807, 2.05) is 6.07 Å². The highest BCUT2D eigenvalue weighted by molar-refractivity contribution is 8.00. The van der Waals surface area contributed by atoms with Crippen molar-refractivity contribution < 1.29 is 9.18 Å². The second-order valence-electron chi connectivity index (χ2n) is 4.36. The van der Waals surface area contributed by atoms with Crippen LogP contribution in [0.25, 0.3) is 0 Å². The van der Waals surface area contributed by atoms with E-state index in [1.165, 1.54) is 23.9 Å². The molecule has 5 heteroatoms. The van der Waals surface area contributed by atoms with Crippen LogP contribution in [0.2, 0.25) is 0 Å². The first-order valence-electron chi connectivity index (χ1n) is 6.32. The Bertz CT molecular complexity index is 697. The summed E-state index contributed by atoms with van der Waals surface area (Å²) in [5.41, 5.74) is 0.894. The highest BCUT2D eigenvalue weighted by Gasteiger charge is 2.16. The summed E-state index contributed by atoms with van der Waals surface area (Å²) in [4.78, 5) is 12.8. The average molecular weight is 300 g/mol. The summed E-state index contributed by atoms with van der Waals surface area (Å²) in [6.07, 6.45) is 0. The van der Waals surface area contributed by atoms with E-state index in [9.17, 15) is 9.18 Å². The van der Waals surface area contributed by atoms with E-state index in [1.54, 1.807) is 43.3 Å². The van der Waals surface area contributed by atoms with Crippen LogP contribution in [0, 0.1) is 17.1 Å². The quantitative estimate of drug-likeness (QED) is 0.873. The molecule has 2 rings (SSSR count). The average Bonchev–Trinajstić information content (AvgIpc) is 2.47. The lowest BCUT2D eigenvalue weighted by Gasteiger charge is -2.12. The summed E-state index contributed by atoms with van der Waals surface area (Å²) < 4.78 is 13.1. The van der Waals surface area contributed by atoms with Crippen molar-refractivity contribution in [1.29, 1.82) is 5.26 Å². The lowest BCUT2D eigenvalue weighted by atomic mass is 10.2. The zero-order valence-corrected chi connectivity index (χ0v) is 12.2. The minimum atomic E-state index is -0.404. The molecule has 21 heavy (non-hydrogen) atoms. The molecule has 1 N–H and O–H groups in total. The number of anilines is 1. The van der Waals surface area contributed by atoms with Crippen molar-refractivity contribution in [3.8, 4) is 6.07 Å². The Balaban J connectivity index is 2.05. The zero-order valence-electron chi connectivity index (χ0n) is 11.3.